The topological polar surface area (TPSA) is 70.0 Å². The van der Waals surface area contributed by atoms with Crippen LogP contribution in [0.2, 0.25) is 0 Å². The number of carbonyl (C=O) groups is 1. The molecule has 1 aromatic carbocycles. The average molecular weight is 251 g/mol. The van der Waals surface area contributed by atoms with E-state index < -0.39 is 11.7 Å². The van der Waals surface area contributed by atoms with Gasteiger partial charge in [0.25, 0.3) is 0 Å². The van der Waals surface area contributed by atoms with Crippen LogP contribution >= 0.6 is 0 Å². The van der Waals surface area contributed by atoms with E-state index >= 15 is 0 Å². The molecule has 1 aromatic rings. The Balaban J connectivity index is 1.95. The molecule has 0 saturated carbocycles. The fourth-order valence-electron chi connectivity index (χ4n) is 1.99. The monoisotopic (exact) mass is 251 g/mol. The minimum atomic E-state index is -1.90. The quantitative estimate of drug-likeness (QED) is 0.792. The highest BCUT2D eigenvalue weighted by atomic mass is 16.6. The van der Waals surface area contributed by atoms with Gasteiger partial charge in [0.2, 0.25) is 5.72 Å². The largest absolute Gasteiger partial charge is 0.458 e. The Morgan fingerprint density at radius 1 is 1.33 bits per heavy atom. The van der Waals surface area contributed by atoms with Gasteiger partial charge in [0.15, 0.2) is 0 Å². The fraction of sp³-hybridized carbons (Fsp3) is 0.462. The number of esters is 1. The molecule has 5 heteroatoms. The van der Waals surface area contributed by atoms with E-state index in [2.05, 4.69) is 0 Å². The van der Waals surface area contributed by atoms with E-state index in [9.17, 15) is 15.1 Å². The number of ether oxygens (including phenoxy) is 1. The van der Waals surface area contributed by atoms with Crippen LogP contribution in [0.25, 0.3) is 0 Å². The molecule has 2 N–H and O–H groups in total. The second-order valence-electron chi connectivity index (χ2n) is 4.46. The van der Waals surface area contributed by atoms with Gasteiger partial charge in [-0.3, -0.25) is 0 Å². The van der Waals surface area contributed by atoms with E-state index in [1.807, 2.05) is 30.3 Å². The first-order valence-electron chi connectivity index (χ1n) is 6.03. The summed E-state index contributed by atoms with van der Waals surface area (Å²) in [5.74, 6) is -0.798. The lowest BCUT2D eigenvalue weighted by Gasteiger charge is -2.36. The van der Waals surface area contributed by atoms with Gasteiger partial charge in [-0.25, -0.2) is 4.79 Å². The van der Waals surface area contributed by atoms with Gasteiger partial charge in [-0.2, -0.15) is 5.06 Å². The summed E-state index contributed by atoms with van der Waals surface area (Å²) in [6, 6.07) is 9.22. The van der Waals surface area contributed by atoms with Crippen LogP contribution in [0.1, 0.15) is 24.8 Å². The summed E-state index contributed by atoms with van der Waals surface area (Å²) in [5.41, 5.74) is -1.05. The molecule has 0 aromatic heterocycles. The Kier molecular flexibility index (Phi) is 3.96. The van der Waals surface area contributed by atoms with E-state index in [1.165, 1.54) is 0 Å². The number of benzene rings is 1. The van der Waals surface area contributed by atoms with Crippen molar-refractivity contribution in [2.75, 3.05) is 6.54 Å². The maximum absolute atomic E-state index is 11.8. The standard InChI is InChI=1S/C13H17NO4/c15-12(13(16)8-4-5-9-14(13)17)18-10-11-6-2-1-3-7-11/h1-3,6-7,16-17H,4-5,8-10H2. The molecule has 1 aliphatic heterocycles. The highest BCUT2D eigenvalue weighted by Crippen LogP contribution is 2.25. The van der Waals surface area contributed by atoms with Crippen molar-refractivity contribution in [1.29, 1.82) is 0 Å². The third-order valence-electron chi connectivity index (χ3n) is 3.11. The van der Waals surface area contributed by atoms with Gasteiger partial charge in [-0.15, -0.1) is 0 Å². The summed E-state index contributed by atoms with van der Waals surface area (Å²) in [4.78, 5) is 11.8. The number of aliphatic hydroxyl groups is 1. The lowest BCUT2D eigenvalue weighted by atomic mass is 10.0. The lowest BCUT2D eigenvalue weighted by molar-refractivity contribution is -0.277. The molecule has 1 unspecified atom stereocenters. The number of hydrogen-bond acceptors (Lipinski definition) is 5. The molecule has 0 radical (unpaired) electrons. The molecule has 0 aliphatic carbocycles. The van der Waals surface area contributed by atoms with Crippen LogP contribution in [0, 0.1) is 0 Å². The molecule has 0 amide bonds. The minimum absolute atomic E-state index is 0.0931. The number of nitrogens with zero attached hydrogens (tertiary/aromatic N) is 1. The van der Waals surface area contributed by atoms with Crippen molar-refractivity contribution in [3.63, 3.8) is 0 Å². The summed E-state index contributed by atoms with van der Waals surface area (Å²) >= 11 is 0. The predicted molar refractivity (Wildman–Crippen MR) is 63.5 cm³/mol. The minimum Gasteiger partial charge on any atom is -0.458 e. The van der Waals surface area contributed by atoms with E-state index in [-0.39, 0.29) is 19.6 Å². The number of rotatable bonds is 3. The normalized spacial score (nSPS) is 24.8. The van der Waals surface area contributed by atoms with Crippen molar-refractivity contribution >= 4 is 5.97 Å². The number of piperidine rings is 1. The lowest BCUT2D eigenvalue weighted by Crippen LogP contribution is -2.56. The van der Waals surface area contributed by atoms with E-state index in [0.717, 1.165) is 12.0 Å². The van der Waals surface area contributed by atoms with E-state index in [4.69, 9.17) is 4.74 Å². The molecule has 1 atom stereocenters. The SMILES string of the molecule is O=C(OCc1ccccc1)C1(O)CCCCN1O. The maximum atomic E-state index is 11.8. The zero-order valence-electron chi connectivity index (χ0n) is 10.1. The molecule has 1 fully saturated rings. The Morgan fingerprint density at radius 2 is 2.06 bits per heavy atom. The molecule has 5 nitrogen and oxygen atoms in total. The van der Waals surface area contributed by atoms with E-state index in [1.54, 1.807) is 0 Å². The van der Waals surface area contributed by atoms with Gasteiger partial charge >= 0.3 is 5.97 Å². The van der Waals surface area contributed by atoms with Crippen LogP contribution in [0.5, 0.6) is 0 Å². The summed E-state index contributed by atoms with van der Waals surface area (Å²) in [5, 5.41) is 20.3. The van der Waals surface area contributed by atoms with Crippen molar-refractivity contribution in [3.8, 4) is 0 Å². The number of hydroxylamine groups is 2. The first-order chi connectivity index (χ1) is 8.63. The third-order valence-corrected chi connectivity index (χ3v) is 3.11. The average Bonchev–Trinajstić information content (AvgIpc) is 2.40. The summed E-state index contributed by atoms with van der Waals surface area (Å²) in [6.07, 6.45) is 1.63. The summed E-state index contributed by atoms with van der Waals surface area (Å²) < 4.78 is 5.05. The Bertz CT molecular complexity index is 409. The first-order valence-corrected chi connectivity index (χ1v) is 6.03. The zero-order valence-corrected chi connectivity index (χ0v) is 10.1. The summed E-state index contributed by atoms with van der Waals surface area (Å²) in [7, 11) is 0. The molecule has 1 saturated heterocycles. The highest BCUT2D eigenvalue weighted by molar-refractivity contribution is 5.78. The second kappa shape index (κ2) is 5.48. The van der Waals surface area contributed by atoms with Gasteiger partial charge in [0.1, 0.15) is 6.61 Å². The summed E-state index contributed by atoms with van der Waals surface area (Å²) in [6.45, 7) is 0.368. The van der Waals surface area contributed by atoms with Crippen molar-refractivity contribution in [2.45, 2.75) is 31.6 Å². The van der Waals surface area contributed by atoms with Crippen molar-refractivity contribution < 1.29 is 19.8 Å². The van der Waals surface area contributed by atoms with Crippen LogP contribution in [0.4, 0.5) is 0 Å². The Morgan fingerprint density at radius 3 is 2.72 bits per heavy atom. The number of carbonyl (C=O) groups excluding carboxylic acids is 1. The second-order valence-corrected chi connectivity index (χ2v) is 4.46. The molecule has 18 heavy (non-hydrogen) atoms. The molecule has 2 rings (SSSR count). The van der Waals surface area contributed by atoms with Crippen molar-refractivity contribution in [1.82, 2.24) is 5.06 Å². The van der Waals surface area contributed by atoms with E-state index in [0.29, 0.717) is 11.5 Å². The number of hydrogen-bond donors (Lipinski definition) is 2. The maximum Gasteiger partial charge on any atom is 0.356 e. The Labute approximate surface area is 106 Å². The molecule has 98 valence electrons. The molecule has 1 aliphatic rings. The van der Waals surface area contributed by atoms with Crippen molar-refractivity contribution in [3.05, 3.63) is 35.9 Å². The van der Waals surface area contributed by atoms with Gasteiger partial charge in [0.05, 0.1) is 0 Å². The van der Waals surface area contributed by atoms with Crippen LogP contribution in [0.15, 0.2) is 30.3 Å². The molecule has 0 bridgehead atoms. The van der Waals surface area contributed by atoms with Crippen LogP contribution < -0.4 is 0 Å². The predicted octanol–water partition coefficient (Wildman–Crippen LogP) is 1.29. The molecular weight excluding hydrogens is 234 g/mol. The molecule has 1 heterocycles. The van der Waals surface area contributed by atoms with Gasteiger partial charge in [-0.05, 0) is 18.4 Å². The molecular formula is C13H17NO4. The third kappa shape index (κ3) is 2.69. The van der Waals surface area contributed by atoms with Crippen LogP contribution in [0.3, 0.4) is 0 Å². The van der Waals surface area contributed by atoms with Gasteiger partial charge in [0, 0.05) is 13.0 Å². The Hall–Kier alpha value is -1.43. The van der Waals surface area contributed by atoms with Crippen LogP contribution in [-0.2, 0) is 16.1 Å². The molecule has 0 spiro atoms. The zero-order chi connectivity index (χ0) is 13.0. The van der Waals surface area contributed by atoms with Crippen LogP contribution in [-0.4, -0.2) is 33.6 Å². The van der Waals surface area contributed by atoms with Gasteiger partial charge in [-0.1, -0.05) is 30.3 Å². The first kappa shape index (κ1) is 13.0. The van der Waals surface area contributed by atoms with Gasteiger partial charge < -0.3 is 15.1 Å². The smallest absolute Gasteiger partial charge is 0.356 e. The fourth-order valence-corrected chi connectivity index (χ4v) is 1.99. The highest BCUT2D eigenvalue weighted by Gasteiger charge is 2.45. The van der Waals surface area contributed by atoms with Crippen molar-refractivity contribution in [2.24, 2.45) is 0 Å².